The lowest BCUT2D eigenvalue weighted by Crippen LogP contribution is -2.28. The first-order valence-corrected chi connectivity index (χ1v) is 6.59. The number of carbonyl (C=O) groups is 1. The molecule has 3 nitrogen and oxygen atoms in total. The summed E-state index contributed by atoms with van der Waals surface area (Å²) in [6.45, 7) is 0.313. The molecule has 2 rings (SSSR count). The molecule has 0 radical (unpaired) electrons. The van der Waals surface area contributed by atoms with Crippen LogP contribution >= 0.6 is 15.9 Å². The van der Waals surface area contributed by atoms with Crippen LogP contribution in [0.4, 0.5) is 19.3 Å². The maximum absolute atomic E-state index is 13.5. The highest BCUT2D eigenvalue weighted by molar-refractivity contribution is 9.10. The molecule has 20 heavy (non-hydrogen) atoms. The fourth-order valence-corrected chi connectivity index (χ4v) is 2.10. The van der Waals surface area contributed by atoms with Crippen LogP contribution in [0.1, 0.15) is 5.56 Å². The van der Waals surface area contributed by atoms with Gasteiger partial charge in [-0.3, -0.25) is 0 Å². The Bertz CT molecular complexity index is 597. The van der Waals surface area contributed by atoms with E-state index in [9.17, 15) is 13.6 Å². The lowest BCUT2D eigenvalue weighted by atomic mass is 10.2. The molecule has 2 N–H and O–H groups in total. The molecule has 2 aromatic rings. The van der Waals surface area contributed by atoms with Crippen LogP contribution in [0.15, 0.2) is 46.9 Å². The summed E-state index contributed by atoms with van der Waals surface area (Å²) in [7, 11) is 0. The van der Waals surface area contributed by atoms with Gasteiger partial charge >= 0.3 is 6.03 Å². The minimum absolute atomic E-state index is 0.100. The minimum Gasteiger partial charge on any atom is -0.334 e. The van der Waals surface area contributed by atoms with Crippen molar-refractivity contribution in [3.63, 3.8) is 0 Å². The molecular formula is C14H11BrF2N2O. The Hall–Kier alpha value is -1.95. The summed E-state index contributed by atoms with van der Waals surface area (Å²) in [6.07, 6.45) is 0. The first-order valence-electron chi connectivity index (χ1n) is 5.79. The highest BCUT2D eigenvalue weighted by Gasteiger charge is 2.12. The molecule has 0 aliphatic carbocycles. The molecule has 0 spiro atoms. The second-order valence-corrected chi connectivity index (χ2v) is 4.89. The highest BCUT2D eigenvalue weighted by atomic mass is 79.9. The summed E-state index contributed by atoms with van der Waals surface area (Å²) in [5, 5.41) is 4.92. The highest BCUT2D eigenvalue weighted by Crippen LogP contribution is 2.26. The Kier molecular flexibility index (Phi) is 4.68. The molecule has 2 amide bonds. The van der Waals surface area contributed by atoms with E-state index in [0.29, 0.717) is 12.6 Å². The van der Waals surface area contributed by atoms with E-state index in [2.05, 4.69) is 26.6 Å². The Morgan fingerprint density at radius 2 is 1.85 bits per heavy atom. The van der Waals surface area contributed by atoms with Crippen molar-refractivity contribution >= 4 is 27.6 Å². The number of anilines is 1. The molecule has 0 aliphatic rings. The first-order chi connectivity index (χ1) is 9.56. The summed E-state index contributed by atoms with van der Waals surface area (Å²) in [6, 6.07) is 10.5. The van der Waals surface area contributed by atoms with Crippen LogP contribution in [0.3, 0.4) is 0 Å². The summed E-state index contributed by atoms with van der Waals surface area (Å²) in [4.78, 5) is 11.7. The Morgan fingerprint density at radius 3 is 2.50 bits per heavy atom. The third kappa shape index (κ3) is 3.77. The molecular weight excluding hydrogens is 330 g/mol. The van der Waals surface area contributed by atoms with Crippen LogP contribution < -0.4 is 10.6 Å². The van der Waals surface area contributed by atoms with E-state index >= 15 is 0 Å². The number of hydrogen-bond acceptors (Lipinski definition) is 1. The number of halogens is 3. The summed E-state index contributed by atoms with van der Waals surface area (Å²) >= 11 is 3.00. The molecule has 0 heterocycles. The Labute approximate surface area is 123 Å². The standard InChI is InChI=1S/C14H11BrF2N2O/c15-11-6-10(16)7-12(17)13(11)19-14(20)18-8-9-4-2-1-3-5-9/h1-7H,8H2,(H2,18,19,20). The molecule has 6 heteroatoms. The Balaban J connectivity index is 1.98. The Morgan fingerprint density at radius 1 is 1.15 bits per heavy atom. The summed E-state index contributed by atoms with van der Waals surface area (Å²) in [5.74, 6) is -1.56. The van der Waals surface area contributed by atoms with Gasteiger partial charge in [0.15, 0.2) is 5.82 Å². The van der Waals surface area contributed by atoms with Gasteiger partial charge in [-0.1, -0.05) is 30.3 Å². The normalized spacial score (nSPS) is 10.2. The molecule has 0 atom stereocenters. The first kappa shape index (κ1) is 14.5. The zero-order valence-corrected chi connectivity index (χ0v) is 11.9. The van der Waals surface area contributed by atoms with E-state index in [-0.39, 0.29) is 10.2 Å². The van der Waals surface area contributed by atoms with Gasteiger partial charge in [-0.2, -0.15) is 0 Å². The maximum Gasteiger partial charge on any atom is 0.319 e. The van der Waals surface area contributed by atoms with E-state index in [0.717, 1.165) is 11.6 Å². The van der Waals surface area contributed by atoms with Gasteiger partial charge in [0.1, 0.15) is 5.82 Å². The van der Waals surface area contributed by atoms with Gasteiger partial charge in [0, 0.05) is 17.1 Å². The van der Waals surface area contributed by atoms with Crippen molar-refractivity contribution in [2.45, 2.75) is 6.54 Å². The van der Waals surface area contributed by atoms with Crippen molar-refractivity contribution in [1.82, 2.24) is 5.32 Å². The van der Waals surface area contributed by atoms with Crippen molar-refractivity contribution in [2.24, 2.45) is 0 Å². The molecule has 104 valence electrons. The zero-order chi connectivity index (χ0) is 14.5. The second kappa shape index (κ2) is 6.47. The van der Waals surface area contributed by atoms with E-state index in [1.54, 1.807) is 0 Å². The zero-order valence-electron chi connectivity index (χ0n) is 10.3. The number of urea groups is 1. The fourth-order valence-electron chi connectivity index (χ4n) is 1.60. The number of carbonyl (C=O) groups excluding carboxylic acids is 1. The average Bonchev–Trinajstić information content (AvgIpc) is 2.42. The largest absolute Gasteiger partial charge is 0.334 e. The summed E-state index contributed by atoms with van der Waals surface area (Å²) < 4.78 is 26.6. The SMILES string of the molecule is O=C(NCc1ccccc1)Nc1c(F)cc(F)cc1Br. The van der Waals surface area contributed by atoms with Crippen LogP contribution in [-0.2, 0) is 6.54 Å². The van der Waals surface area contributed by atoms with Crippen LogP contribution in [0.25, 0.3) is 0 Å². The van der Waals surface area contributed by atoms with Crippen LogP contribution in [0, 0.1) is 11.6 Å². The predicted molar refractivity (Wildman–Crippen MR) is 76.4 cm³/mol. The van der Waals surface area contributed by atoms with Gasteiger partial charge in [0.05, 0.1) is 5.69 Å². The van der Waals surface area contributed by atoms with Gasteiger partial charge in [-0.15, -0.1) is 0 Å². The smallest absolute Gasteiger partial charge is 0.319 e. The molecule has 0 saturated carbocycles. The lowest BCUT2D eigenvalue weighted by Gasteiger charge is -2.10. The van der Waals surface area contributed by atoms with Crippen molar-refractivity contribution in [3.05, 3.63) is 64.1 Å². The van der Waals surface area contributed by atoms with Gasteiger partial charge in [0.2, 0.25) is 0 Å². The molecule has 0 fully saturated rings. The monoisotopic (exact) mass is 340 g/mol. The number of benzene rings is 2. The quantitative estimate of drug-likeness (QED) is 0.869. The molecule has 0 aromatic heterocycles. The maximum atomic E-state index is 13.5. The topological polar surface area (TPSA) is 41.1 Å². The van der Waals surface area contributed by atoms with E-state index in [1.807, 2.05) is 30.3 Å². The third-order valence-electron chi connectivity index (χ3n) is 2.54. The van der Waals surface area contributed by atoms with E-state index in [4.69, 9.17) is 0 Å². The van der Waals surface area contributed by atoms with Crippen molar-refractivity contribution in [3.8, 4) is 0 Å². The van der Waals surface area contributed by atoms with Crippen LogP contribution in [-0.4, -0.2) is 6.03 Å². The van der Waals surface area contributed by atoms with Gasteiger partial charge in [-0.05, 0) is 27.6 Å². The van der Waals surface area contributed by atoms with Crippen molar-refractivity contribution in [1.29, 1.82) is 0 Å². The fraction of sp³-hybridized carbons (Fsp3) is 0.0714. The average molecular weight is 341 g/mol. The van der Waals surface area contributed by atoms with Crippen molar-refractivity contribution in [2.75, 3.05) is 5.32 Å². The van der Waals surface area contributed by atoms with Crippen LogP contribution in [0.2, 0.25) is 0 Å². The van der Waals surface area contributed by atoms with Crippen molar-refractivity contribution < 1.29 is 13.6 Å². The lowest BCUT2D eigenvalue weighted by molar-refractivity contribution is 0.251. The minimum atomic E-state index is -0.841. The van der Waals surface area contributed by atoms with Gasteiger partial charge < -0.3 is 10.6 Å². The van der Waals surface area contributed by atoms with E-state index < -0.39 is 17.7 Å². The third-order valence-corrected chi connectivity index (χ3v) is 3.17. The van der Waals surface area contributed by atoms with Gasteiger partial charge in [-0.25, -0.2) is 13.6 Å². The molecule has 0 unspecified atom stereocenters. The molecule has 0 bridgehead atoms. The predicted octanol–water partition coefficient (Wildman–Crippen LogP) is 4.05. The molecule has 0 saturated heterocycles. The molecule has 2 aromatic carbocycles. The van der Waals surface area contributed by atoms with E-state index in [1.165, 1.54) is 0 Å². The molecule has 0 aliphatic heterocycles. The second-order valence-electron chi connectivity index (χ2n) is 4.04. The van der Waals surface area contributed by atoms with Gasteiger partial charge in [0.25, 0.3) is 0 Å². The number of amides is 2. The number of nitrogens with one attached hydrogen (secondary N) is 2. The number of rotatable bonds is 3. The van der Waals surface area contributed by atoms with Crippen LogP contribution in [0.5, 0.6) is 0 Å². The summed E-state index contributed by atoms with van der Waals surface area (Å²) in [5.41, 5.74) is 0.818. The number of hydrogen-bond donors (Lipinski definition) is 2.